The van der Waals surface area contributed by atoms with Gasteiger partial charge in [-0.2, -0.15) is 0 Å². The van der Waals surface area contributed by atoms with Crippen LogP contribution in [0, 0.1) is 5.92 Å². The first kappa shape index (κ1) is 23.0. The van der Waals surface area contributed by atoms with E-state index >= 15 is 0 Å². The molecule has 158 valence electrons. The molecular weight excluding hydrogens is 390 g/mol. The topological polar surface area (TPSA) is 74.6 Å². The molecule has 2 amide bonds. The summed E-state index contributed by atoms with van der Waals surface area (Å²) in [6.07, 6.45) is 5.08. The van der Waals surface area contributed by atoms with Crippen LogP contribution < -0.4 is 10.6 Å². The van der Waals surface area contributed by atoms with Crippen LogP contribution in [-0.2, 0) is 11.2 Å². The predicted octanol–water partition coefficient (Wildman–Crippen LogP) is 2.89. The van der Waals surface area contributed by atoms with Crippen LogP contribution in [0.15, 0.2) is 53.1 Å². The minimum absolute atomic E-state index is 0. The lowest BCUT2D eigenvalue weighted by atomic mass is 9.93. The molecule has 1 aliphatic rings. The van der Waals surface area contributed by atoms with Gasteiger partial charge in [-0.1, -0.05) is 30.3 Å². The van der Waals surface area contributed by atoms with E-state index in [1.165, 1.54) is 6.26 Å². The van der Waals surface area contributed by atoms with E-state index < -0.39 is 6.04 Å². The van der Waals surface area contributed by atoms with Gasteiger partial charge in [0.05, 0.1) is 6.26 Å². The summed E-state index contributed by atoms with van der Waals surface area (Å²) >= 11 is 0. The third-order valence-corrected chi connectivity index (χ3v) is 5.36. The Balaban J connectivity index is 0.00000300. The molecule has 0 radical (unpaired) electrons. The van der Waals surface area contributed by atoms with Crippen molar-refractivity contribution < 1.29 is 14.0 Å². The molecule has 1 atom stereocenters. The summed E-state index contributed by atoms with van der Waals surface area (Å²) in [5.41, 5.74) is 1.02. The van der Waals surface area contributed by atoms with Crippen molar-refractivity contribution in [2.45, 2.75) is 31.7 Å². The molecule has 2 aromatic rings. The number of benzene rings is 1. The van der Waals surface area contributed by atoms with Gasteiger partial charge in [0.25, 0.3) is 5.91 Å². The van der Waals surface area contributed by atoms with Crippen molar-refractivity contribution >= 4 is 24.2 Å². The number of piperidine rings is 1. The average molecular weight is 420 g/mol. The average Bonchev–Trinajstić information content (AvgIpc) is 3.27. The number of likely N-dealkylation sites (tertiary alicyclic amines) is 1. The molecule has 1 unspecified atom stereocenters. The molecule has 6 nitrogen and oxygen atoms in total. The molecule has 7 heteroatoms. The Morgan fingerprint density at radius 3 is 2.48 bits per heavy atom. The number of hydrogen-bond acceptors (Lipinski definition) is 4. The second-order valence-electron chi connectivity index (χ2n) is 7.35. The van der Waals surface area contributed by atoms with Crippen LogP contribution in [0.25, 0.3) is 0 Å². The van der Waals surface area contributed by atoms with E-state index in [0.717, 1.165) is 44.5 Å². The van der Waals surface area contributed by atoms with Gasteiger partial charge in [-0.15, -0.1) is 12.4 Å². The van der Waals surface area contributed by atoms with Crippen LogP contribution >= 0.6 is 12.4 Å². The van der Waals surface area contributed by atoms with Gasteiger partial charge < -0.3 is 20.0 Å². The van der Waals surface area contributed by atoms with Crippen LogP contribution in [0.2, 0.25) is 0 Å². The van der Waals surface area contributed by atoms with Crippen LogP contribution in [0.3, 0.4) is 0 Å². The minimum Gasteiger partial charge on any atom is -0.459 e. The van der Waals surface area contributed by atoms with E-state index in [2.05, 4.69) is 10.6 Å². The van der Waals surface area contributed by atoms with Gasteiger partial charge in [-0.3, -0.25) is 9.59 Å². The predicted molar refractivity (Wildman–Crippen MR) is 115 cm³/mol. The van der Waals surface area contributed by atoms with Gasteiger partial charge in [0, 0.05) is 19.5 Å². The van der Waals surface area contributed by atoms with E-state index in [4.69, 9.17) is 4.42 Å². The van der Waals surface area contributed by atoms with Crippen molar-refractivity contribution in [1.29, 1.82) is 0 Å². The summed E-state index contributed by atoms with van der Waals surface area (Å²) in [4.78, 5) is 27.6. The fraction of sp³-hybridized carbons (Fsp3) is 0.455. The number of carbonyl (C=O) groups is 2. The Kier molecular flexibility index (Phi) is 9.22. The lowest BCUT2D eigenvalue weighted by Gasteiger charge is -2.34. The molecule has 0 saturated carbocycles. The van der Waals surface area contributed by atoms with Crippen molar-refractivity contribution in [1.82, 2.24) is 15.5 Å². The first-order chi connectivity index (χ1) is 13.7. The maximum Gasteiger partial charge on any atom is 0.287 e. The fourth-order valence-corrected chi connectivity index (χ4v) is 3.70. The monoisotopic (exact) mass is 419 g/mol. The van der Waals surface area contributed by atoms with Crippen LogP contribution in [0.4, 0.5) is 0 Å². The largest absolute Gasteiger partial charge is 0.459 e. The zero-order chi connectivity index (χ0) is 19.8. The summed E-state index contributed by atoms with van der Waals surface area (Å²) in [6, 6.07) is 12.4. The van der Waals surface area contributed by atoms with Crippen molar-refractivity contribution in [3.05, 3.63) is 60.1 Å². The van der Waals surface area contributed by atoms with E-state index in [0.29, 0.717) is 12.3 Å². The summed E-state index contributed by atoms with van der Waals surface area (Å²) in [5.74, 6) is 0.498. The number of nitrogens with one attached hydrogen (secondary N) is 2. The Labute approximate surface area is 178 Å². The number of carbonyl (C=O) groups excluding carboxylic acids is 2. The van der Waals surface area contributed by atoms with Gasteiger partial charge in [-0.05, 0) is 56.5 Å². The fourth-order valence-electron chi connectivity index (χ4n) is 3.70. The lowest BCUT2D eigenvalue weighted by molar-refractivity contribution is -0.134. The van der Waals surface area contributed by atoms with Gasteiger partial charge >= 0.3 is 0 Å². The SMILES string of the molecule is CNCCC1CCN(C(=O)C(Cc2ccccc2)NC(=O)c2ccco2)CC1.Cl. The lowest BCUT2D eigenvalue weighted by Crippen LogP contribution is -2.51. The molecule has 0 bridgehead atoms. The zero-order valence-corrected chi connectivity index (χ0v) is 17.6. The van der Waals surface area contributed by atoms with Crippen LogP contribution in [0.5, 0.6) is 0 Å². The Hall–Kier alpha value is -2.31. The van der Waals surface area contributed by atoms with Crippen LogP contribution in [0.1, 0.15) is 35.4 Å². The number of hydrogen-bond donors (Lipinski definition) is 2. The molecule has 1 aromatic carbocycles. The third kappa shape index (κ3) is 6.61. The molecule has 2 N–H and O–H groups in total. The standard InChI is InChI=1S/C22H29N3O3.ClH/c1-23-12-9-17-10-13-25(14-11-17)22(27)19(16-18-6-3-2-4-7-18)24-21(26)20-8-5-15-28-20;/h2-8,15,17,19,23H,9-14,16H2,1H3,(H,24,26);1H. The summed E-state index contributed by atoms with van der Waals surface area (Å²) in [7, 11) is 1.97. The molecule has 1 fully saturated rings. The highest BCUT2D eigenvalue weighted by Crippen LogP contribution is 2.21. The Bertz CT molecular complexity index is 744. The Morgan fingerprint density at radius 2 is 1.86 bits per heavy atom. The van der Waals surface area contributed by atoms with Crippen molar-refractivity contribution in [3.8, 4) is 0 Å². The van der Waals surface area contributed by atoms with Crippen molar-refractivity contribution in [3.63, 3.8) is 0 Å². The molecule has 1 saturated heterocycles. The molecular formula is C22H30ClN3O3. The zero-order valence-electron chi connectivity index (χ0n) is 16.8. The van der Waals surface area contributed by atoms with Crippen molar-refractivity contribution in [2.24, 2.45) is 5.92 Å². The number of amides is 2. The van der Waals surface area contributed by atoms with E-state index in [-0.39, 0.29) is 30.0 Å². The normalized spacial score (nSPS) is 15.4. The molecule has 29 heavy (non-hydrogen) atoms. The maximum absolute atomic E-state index is 13.2. The number of nitrogens with zero attached hydrogens (tertiary/aromatic N) is 1. The maximum atomic E-state index is 13.2. The minimum atomic E-state index is -0.603. The molecule has 3 rings (SSSR count). The van der Waals surface area contributed by atoms with Crippen LogP contribution in [-0.4, -0.2) is 49.4 Å². The van der Waals surface area contributed by atoms with E-state index in [9.17, 15) is 9.59 Å². The first-order valence-corrected chi connectivity index (χ1v) is 9.99. The highest BCUT2D eigenvalue weighted by Gasteiger charge is 2.30. The molecule has 2 heterocycles. The quantitative estimate of drug-likeness (QED) is 0.689. The van der Waals surface area contributed by atoms with E-state index in [1.54, 1.807) is 12.1 Å². The number of furan rings is 1. The van der Waals surface area contributed by atoms with Crippen molar-refractivity contribution in [2.75, 3.05) is 26.7 Å². The molecule has 1 aromatic heterocycles. The summed E-state index contributed by atoms with van der Waals surface area (Å²) in [5, 5.41) is 6.07. The second kappa shape index (κ2) is 11.6. The van der Waals surface area contributed by atoms with Gasteiger partial charge in [0.15, 0.2) is 5.76 Å². The summed E-state index contributed by atoms with van der Waals surface area (Å²) in [6.45, 7) is 2.50. The Morgan fingerprint density at radius 1 is 1.14 bits per heavy atom. The van der Waals surface area contributed by atoms with Gasteiger partial charge in [0.1, 0.15) is 6.04 Å². The first-order valence-electron chi connectivity index (χ1n) is 9.99. The molecule has 0 aliphatic carbocycles. The number of halogens is 1. The highest BCUT2D eigenvalue weighted by molar-refractivity contribution is 5.95. The van der Waals surface area contributed by atoms with Gasteiger partial charge in [-0.25, -0.2) is 0 Å². The molecule has 1 aliphatic heterocycles. The third-order valence-electron chi connectivity index (χ3n) is 5.36. The highest BCUT2D eigenvalue weighted by atomic mass is 35.5. The summed E-state index contributed by atoms with van der Waals surface area (Å²) < 4.78 is 5.18. The van der Waals surface area contributed by atoms with E-state index in [1.807, 2.05) is 42.3 Å². The smallest absolute Gasteiger partial charge is 0.287 e. The number of rotatable bonds is 8. The van der Waals surface area contributed by atoms with Gasteiger partial charge in [0.2, 0.25) is 5.91 Å². The second-order valence-corrected chi connectivity index (χ2v) is 7.35. The molecule has 0 spiro atoms.